The summed E-state index contributed by atoms with van der Waals surface area (Å²) in [5, 5.41) is 8.91. The number of hydrogen-bond acceptors (Lipinski definition) is 2. The zero-order chi connectivity index (χ0) is 10.0. The molecule has 2 nitrogen and oxygen atoms in total. The second kappa shape index (κ2) is 4.47. The molecule has 1 aromatic heterocycles. The molecule has 0 saturated heterocycles. The van der Waals surface area contributed by atoms with Crippen molar-refractivity contribution in [1.82, 2.24) is 4.98 Å². The van der Waals surface area contributed by atoms with Crippen LogP contribution in [0.2, 0.25) is 5.02 Å². The van der Waals surface area contributed by atoms with E-state index in [1.807, 2.05) is 0 Å². The minimum absolute atomic E-state index is 0.0243. The van der Waals surface area contributed by atoms with Crippen LogP contribution in [0.5, 0.6) is 0 Å². The number of halogens is 4. The Balaban J connectivity index is 3.32. The number of nitrogens with zero attached hydrogens (tertiary/aromatic N) is 1. The van der Waals surface area contributed by atoms with Crippen molar-refractivity contribution in [2.75, 3.05) is 0 Å². The number of alkyl halides is 2. The summed E-state index contributed by atoms with van der Waals surface area (Å²) in [5.74, 6) is 0. The van der Waals surface area contributed by atoms with Gasteiger partial charge in [0.05, 0.1) is 22.9 Å². The maximum atomic E-state index is 12.4. The summed E-state index contributed by atoms with van der Waals surface area (Å²) in [5.41, 5.74) is -0.306. The standard InChI is InChI=1S/C7H5ClF2INO/c8-3-1-12-4(2-13)5(6(3)11)7(9)10/h1,7,13H,2H2. The average Bonchev–Trinajstić information content (AvgIpc) is 2.08. The zero-order valence-corrected chi connectivity index (χ0v) is 9.18. The number of aliphatic hydroxyl groups excluding tert-OH is 1. The first-order valence-corrected chi connectivity index (χ1v) is 4.75. The number of pyridine rings is 1. The minimum atomic E-state index is -2.67. The van der Waals surface area contributed by atoms with Crippen LogP contribution in [0.3, 0.4) is 0 Å². The van der Waals surface area contributed by atoms with Crippen molar-refractivity contribution in [3.8, 4) is 0 Å². The Morgan fingerprint density at radius 2 is 2.23 bits per heavy atom. The van der Waals surface area contributed by atoms with Crippen molar-refractivity contribution in [3.05, 3.63) is 26.0 Å². The van der Waals surface area contributed by atoms with Crippen LogP contribution in [0.1, 0.15) is 17.7 Å². The fourth-order valence-corrected chi connectivity index (χ4v) is 1.70. The largest absolute Gasteiger partial charge is 0.390 e. The van der Waals surface area contributed by atoms with Crippen molar-refractivity contribution < 1.29 is 13.9 Å². The molecule has 13 heavy (non-hydrogen) atoms. The van der Waals surface area contributed by atoms with Gasteiger partial charge in [0, 0.05) is 9.77 Å². The number of hydrogen-bond donors (Lipinski definition) is 1. The second-order valence-corrected chi connectivity index (χ2v) is 3.73. The van der Waals surface area contributed by atoms with Crippen LogP contribution in [0.4, 0.5) is 8.78 Å². The van der Waals surface area contributed by atoms with Crippen LogP contribution in [-0.4, -0.2) is 10.1 Å². The van der Waals surface area contributed by atoms with E-state index in [4.69, 9.17) is 16.7 Å². The van der Waals surface area contributed by atoms with Gasteiger partial charge < -0.3 is 5.11 Å². The Kier molecular flexibility index (Phi) is 3.81. The summed E-state index contributed by atoms with van der Waals surface area (Å²) in [4.78, 5) is 3.61. The lowest BCUT2D eigenvalue weighted by Crippen LogP contribution is -2.01. The monoisotopic (exact) mass is 319 g/mol. The van der Waals surface area contributed by atoms with Crippen molar-refractivity contribution in [2.45, 2.75) is 13.0 Å². The predicted octanol–water partition coefficient (Wildman–Crippen LogP) is 2.77. The number of rotatable bonds is 2. The van der Waals surface area contributed by atoms with Crippen molar-refractivity contribution in [1.29, 1.82) is 0 Å². The van der Waals surface area contributed by atoms with E-state index in [0.29, 0.717) is 0 Å². The lowest BCUT2D eigenvalue weighted by atomic mass is 10.2. The first-order valence-electron chi connectivity index (χ1n) is 3.29. The Hall–Kier alpha value is -0.0100. The van der Waals surface area contributed by atoms with Gasteiger partial charge in [-0.25, -0.2) is 8.78 Å². The molecule has 0 aliphatic carbocycles. The molecule has 1 N–H and O–H groups in total. The molecule has 0 unspecified atom stereocenters. The van der Waals surface area contributed by atoms with Crippen LogP contribution in [-0.2, 0) is 6.61 Å². The molecule has 1 heterocycles. The molecular weight excluding hydrogens is 314 g/mol. The highest BCUT2D eigenvalue weighted by Crippen LogP contribution is 2.31. The van der Waals surface area contributed by atoms with E-state index in [1.165, 1.54) is 6.20 Å². The van der Waals surface area contributed by atoms with Gasteiger partial charge in [-0.15, -0.1) is 0 Å². The summed E-state index contributed by atoms with van der Waals surface area (Å²) >= 11 is 7.31. The Bertz CT molecular complexity index is 322. The maximum Gasteiger partial charge on any atom is 0.266 e. The van der Waals surface area contributed by atoms with Gasteiger partial charge in [0.1, 0.15) is 0 Å². The highest BCUT2D eigenvalue weighted by Gasteiger charge is 2.19. The number of aliphatic hydroxyl groups is 1. The van der Waals surface area contributed by atoms with Gasteiger partial charge in [-0.2, -0.15) is 0 Å². The quantitative estimate of drug-likeness (QED) is 0.850. The molecule has 0 amide bonds. The fraction of sp³-hybridized carbons (Fsp3) is 0.286. The molecule has 0 radical (unpaired) electrons. The first-order chi connectivity index (χ1) is 6.07. The molecule has 0 fully saturated rings. The van der Waals surface area contributed by atoms with Gasteiger partial charge in [-0.05, 0) is 22.6 Å². The van der Waals surface area contributed by atoms with Crippen LogP contribution in [0, 0.1) is 3.57 Å². The Labute approximate surface area is 92.1 Å². The SMILES string of the molecule is OCc1ncc(Cl)c(I)c1C(F)F. The van der Waals surface area contributed by atoms with Crippen LogP contribution >= 0.6 is 34.2 Å². The molecule has 0 aliphatic rings. The first kappa shape index (κ1) is 11.1. The average molecular weight is 319 g/mol. The maximum absolute atomic E-state index is 12.4. The summed E-state index contributed by atoms with van der Waals surface area (Å²) in [6.45, 7) is -0.507. The molecule has 0 aliphatic heterocycles. The third kappa shape index (κ3) is 2.26. The molecule has 0 spiro atoms. The van der Waals surface area contributed by atoms with Gasteiger partial charge in [-0.1, -0.05) is 11.6 Å². The van der Waals surface area contributed by atoms with Crippen LogP contribution in [0.25, 0.3) is 0 Å². The lowest BCUT2D eigenvalue weighted by molar-refractivity contribution is 0.145. The normalized spacial score (nSPS) is 10.9. The molecule has 0 atom stereocenters. The fourth-order valence-electron chi connectivity index (χ4n) is 0.864. The summed E-state index contributed by atoms with van der Waals surface area (Å²) in [6, 6.07) is 0. The van der Waals surface area contributed by atoms with Crippen molar-refractivity contribution in [3.63, 3.8) is 0 Å². The molecule has 6 heteroatoms. The van der Waals surface area contributed by atoms with Gasteiger partial charge in [0.2, 0.25) is 0 Å². The van der Waals surface area contributed by atoms with Gasteiger partial charge in [0.25, 0.3) is 6.43 Å². The molecule has 1 rings (SSSR count). The third-order valence-corrected chi connectivity index (χ3v) is 3.23. The number of aromatic nitrogens is 1. The van der Waals surface area contributed by atoms with E-state index < -0.39 is 13.0 Å². The summed E-state index contributed by atoms with van der Waals surface area (Å²) < 4.78 is 25.1. The Morgan fingerprint density at radius 3 is 2.69 bits per heavy atom. The third-order valence-electron chi connectivity index (χ3n) is 1.46. The van der Waals surface area contributed by atoms with E-state index in [9.17, 15) is 8.78 Å². The summed E-state index contributed by atoms with van der Waals surface area (Å²) in [6.07, 6.45) is -1.42. The topological polar surface area (TPSA) is 33.1 Å². The Morgan fingerprint density at radius 1 is 1.62 bits per heavy atom. The van der Waals surface area contributed by atoms with Gasteiger partial charge in [0.15, 0.2) is 0 Å². The van der Waals surface area contributed by atoms with E-state index in [2.05, 4.69) is 4.98 Å². The molecule has 72 valence electrons. The van der Waals surface area contributed by atoms with E-state index in [1.54, 1.807) is 22.6 Å². The minimum Gasteiger partial charge on any atom is -0.390 e. The molecule has 0 aromatic carbocycles. The van der Waals surface area contributed by atoms with Gasteiger partial charge in [-0.3, -0.25) is 4.98 Å². The highest BCUT2D eigenvalue weighted by molar-refractivity contribution is 14.1. The molecule has 0 saturated carbocycles. The smallest absolute Gasteiger partial charge is 0.266 e. The van der Waals surface area contributed by atoms with Gasteiger partial charge >= 0.3 is 0 Å². The summed E-state index contributed by atoms with van der Waals surface area (Å²) in [7, 11) is 0. The second-order valence-electron chi connectivity index (χ2n) is 2.24. The lowest BCUT2D eigenvalue weighted by Gasteiger charge is -2.08. The van der Waals surface area contributed by atoms with Crippen LogP contribution < -0.4 is 0 Å². The highest BCUT2D eigenvalue weighted by atomic mass is 127. The zero-order valence-electron chi connectivity index (χ0n) is 6.27. The van der Waals surface area contributed by atoms with E-state index in [0.717, 1.165) is 0 Å². The molecule has 1 aromatic rings. The van der Waals surface area contributed by atoms with E-state index >= 15 is 0 Å². The molecular formula is C7H5ClF2INO. The molecule has 0 bridgehead atoms. The van der Waals surface area contributed by atoms with Crippen molar-refractivity contribution >= 4 is 34.2 Å². The van der Waals surface area contributed by atoms with E-state index in [-0.39, 0.29) is 19.9 Å². The van der Waals surface area contributed by atoms with Crippen molar-refractivity contribution in [2.24, 2.45) is 0 Å². The van der Waals surface area contributed by atoms with Crippen LogP contribution in [0.15, 0.2) is 6.20 Å². The predicted molar refractivity (Wildman–Crippen MR) is 52.8 cm³/mol.